The average Bonchev–Trinajstić information content (AvgIpc) is 2.42. The number of nitrogens with zero attached hydrogens (tertiary/aromatic N) is 1. The van der Waals surface area contributed by atoms with Crippen LogP contribution in [0.3, 0.4) is 0 Å². The summed E-state index contributed by atoms with van der Waals surface area (Å²) >= 11 is 11.8. The van der Waals surface area contributed by atoms with E-state index in [4.69, 9.17) is 23.2 Å². The highest BCUT2D eigenvalue weighted by Crippen LogP contribution is 2.26. The summed E-state index contributed by atoms with van der Waals surface area (Å²) in [6.07, 6.45) is 1.62. The number of nitrogens with one attached hydrogen (secondary N) is 1. The highest BCUT2D eigenvalue weighted by molar-refractivity contribution is 6.36. The topological polar surface area (TPSA) is 49.4 Å². The van der Waals surface area contributed by atoms with Gasteiger partial charge in [-0.25, -0.2) is 0 Å². The standard InChI is InChI=1S/C14H16Cl2N2O2/c1-9(19)18-6-2-3-10(8-18)14(20)17-13-5-4-11(15)7-12(13)16/h4-5,7,10H,2-3,6,8H2,1H3,(H,17,20). The first-order chi connectivity index (χ1) is 9.47. The molecule has 1 heterocycles. The number of anilines is 1. The summed E-state index contributed by atoms with van der Waals surface area (Å²) < 4.78 is 0. The first-order valence-corrected chi connectivity index (χ1v) is 7.24. The maximum atomic E-state index is 12.2. The fourth-order valence-corrected chi connectivity index (χ4v) is 2.76. The van der Waals surface area contributed by atoms with Crippen molar-refractivity contribution in [1.82, 2.24) is 4.90 Å². The largest absolute Gasteiger partial charge is 0.342 e. The van der Waals surface area contributed by atoms with E-state index in [2.05, 4.69) is 5.32 Å². The van der Waals surface area contributed by atoms with Crippen molar-refractivity contribution in [3.8, 4) is 0 Å². The van der Waals surface area contributed by atoms with E-state index in [0.717, 1.165) is 19.4 Å². The molecule has 0 aromatic heterocycles. The second kappa shape index (κ2) is 6.46. The number of hydrogen-bond acceptors (Lipinski definition) is 2. The third kappa shape index (κ3) is 3.64. The van der Waals surface area contributed by atoms with E-state index in [-0.39, 0.29) is 17.7 Å². The third-order valence-electron chi connectivity index (χ3n) is 3.43. The number of likely N-dealkylation sites (tertiary alicyclic amines) is 1. The van der Waals surface area contributed by atoms with E-state index in [1.165, 1.54) is 6.92 Å². The predicted molar refractivity (Wildman–Crippen MR) is 80.1 cm³/mol. The van der Waals surface area contributed by atoms with Crippen molar-refractivity contribution < 1.29 is 9.59 Å². The van der Waals surface area contributed by atoms with Crippen molar-refractivity contribution in [3.05, 3.63) is 28.2 Å². The number of carbonyl (C=O) groups excluding carboxylic acids is 2. The number of benzene rings is 1. The molecule has 1 atom stereocenters. The molecule has 2 amide bonds. The molecule has 0 bridgehead atoms. The second-order valence-corrected chi connectivity index (χ2v) is 5.76. The molecule has 20 heavy (non-hydrogen) atoms. The molecule has 1 saturated heterocycles. The molecule has 1 aromatic rings. The van der Waals surface area contributed by atoms with Crippen LogP contribution in [-0.2, 0) is 9.59 Å². The van der Waals surface area contributed by atoms with Gasteiger partial charge in [-0.05, 0) is 31.0 Å². The zero-order chi connectivity index (χ0) is 14.7. The molecule has 4 nitrogen and oxygen atoms in total. The van der Waals surface area contributed by atoms with Crippen LogP contribution in [0.25, 0.3) is 0 Å². The highest BCUT2D eigenvalue weighted by atomic mass is 35.5. The molecular formula is C14H16Cl2N2O2. The summed E-state index contributed by atoms with van der Waals surface area (Å²) in [7, 11) is 0. The predicted octanol–water partition coefficient (Wildman–Crippen LogP) is 3.19. The van der Waals surface area contributed by atoms with Crippen LogP contribution in [0.15, 0.2) is 18.2 Å². The Morgan fingerprint density at radius 3 is 2.75 bits per heavy atom. The van der Waals surface area contributed by atoms with Gasteiger partial charge in [-0.1, -0.05) is 23.2 Å². The molecule has 1 aliphatic rings. The van der Waals surface area contributed by atoms with Gasteiger partial charge in [0.15, 0.2) is 0 Å². The Bertz CT molecular complexity index is 534. The van der Waals surface area contributed by atoms with E-state index in [0.29, 0.717) is 22.3 Å². The molecule has 108 valence electrons. The lowest BCUT2D eigenvalue weighted by Gasteiger charge is -2.31. The summed E-state index contributed by atoms with van der Waals surface area (Å²) in [5, 5.41) is 3.73. The van der Waals surface area contributed by atoms with Gasteiger partial charge in [0, 0.05) is 25.0 Å². The van der Waals surface area contributed by atoms with Crippen LogP contribution < -0.4 is 5.32 Å². The molecule has 2 rings (SSSR count). The lowest BCUT2D eigenvalue weighted by molar-refractivity contribution is -0.132. The minimum absolute atomic E-state index is 0.00650. The van der Waals surface area contributed by atoms with E-state index in [1.54, 1.807) is 23.1 Å². The minimum Gasteiger partial charge on any atom is -0.342 e. The van der Waals surface area contributed by atoms with Gasteiger partial charge in [0.05, 0.1) is 16.6 Å². The van der Waals surface area contributed by atoms with Gasteiger partial charge in [0.25, 0.3) is 0 Å². The van der Waals surface area contributed by atoms with Crippen LogP contribution >= 0.6 is 23.2 Å². The van der Waals surface area contributed by atoms with Gasteiger partial charge in [-0.15, -0.1) is 0 Å². The van der Waals surface area contributed by atoms with Crippen LogP contribution in [0, 0.1) is 5.92 Å². The first kappa shape index (κ1) is 15.1. The summed E-state index contributed by atoms with van der Waals surface area (Å²) in [6, 6.07) is 4.93. The summed E-state index contributed by atoms with van der Waals surface area (Å²) in [5.41, 5.74) is 0.543. The first-order valence-electron chi connectivity index (χ1n) is 6.49. The number of amides is 2. The van der Waals surface area contributed by atoms with E-state index in [1.807, 2.05) is 0 Å². The molecule has 1 aliphatic heterocycles. The third-order valence-corrected chi connectivity index (χ3v) is 3.97. The SMILES string of the molecule is CC(=O)N1CCCC(C(=O)Nc2ccc(Cl)cc2Cl)C1. The average molecular weight is 315 g/mol. The maximum Gasteiger partial charge on any atom is 0.229 e. The Balaban J connectivity index is 2.02. The van der Waals surface area contributed by atoms with E-state index in [9.17, 15) is 9.59 Å². The molecule has 0 saturated carbocycles. The molecule has 1 N–H and O–H groups in total. The smallest absolute Gasteiger partial charge is 0.229 e. The van der Waals surface area contributed by atoms with E-state index >= 15 is 0 Å². The van der Waals surface area contributed by atoms with Crippen LogP contribution in [0.5, 0.6) is 0 Å². The Kier molecular flexibility index (Phi) is 4.89. The fraction of sp³-hybridized carbons (Fsp3) is 0.429. The Morgan fingerprint density at radius 1 is 1.35 bits per heavy atom. The number of halogens is 2. The molecule has 0 spiro atoms. The van der Waals surface area contributed by atoms with Crippen LogP contribution in [0.1, 0.15) is 19.8 Å². The molecule has 0 aliphatic carbocycles. The maximum absolute atomic E-state index is 12.2. The summed E-state index contributed by atoms with van der Waals surface area (Å²) in [5.74, 6) is -0.299. The van der Waals surface area contributed by atoms with Crippen LogP contribution in [-0.4, -0.2) is 29.8 Å². The number of hydrogen-bond donors (Lipinski definition) is 1. The zero-order valence-electron chi connectivity index (χ0n) is 11.2. The summed E-state index contributed by atoms with van der Waals surface area (Å²) in [6.45, 7) is 2.71. The molecule has 1 fully saturated rings. The van der Waals surface area contributed by atoms with Crippen LogP contribution in [0.4, 0.5) is 5.69 Å². The molecule has 6 heteroatoms. The van der Waals surface area contributed by atoms with E-state index < -0.39 is 0 Å². The molecular weight excluding hydrogens is 299 g/mol. The minimum atomic E-state index is -0.195. The monoisotopic (exact) mass is 314 g/mol. The van der Waals surface area contributed by atoms with Gasteiger partial charge >= 0.3 is 0 Å². The lowest BCUT2D eigenvalue weighted by Crippen LogP contribution is -2.42. The molecule has 1 aromatic carbocycles. The normalized spacial score (nSPS) is 18.8. The van der Waals surface area contributed by atoms with Crippen LogP contribution in [0.2, 0.25) is 10.0 Å². The lowest BCUT2D eigenvalue weighted by atomic mass is 9.97. The van der Waals surface area contributed by atoms with Gasteiger partial charge in [0.1, 0.15) is 0 Å². The molecule has 0 radical (unpaired) electrons. The second-order valence-electron chi connectivity index (χ2n) is 4.92. The van der Waals surface area contributed by atoms with Gasteiger partial charge in [-0.2, -0.15) is 0 Å². The van der Waals surface area contributed by atoms with Crippen molar-refractivity contribution >= 4 is 40.7 Å². The molecule has 1 unspecified atom stereocenters. The van der Waals surface area contributed by atoms with Crippen molar-refractivity contribution in [2.45, 2.75) is 19.8 Å². The van der Waals surface area contributed by atoms with Gasteiger partial charge in [-0.3, -0.25) is 9.59 Å². The van der Waals surface area contributed by atoms with Crippen molar-refractivity contribution in [1.29, 1.82) is 0 Å². The number of piperidine rings is 1. The van der Waals surface area contributed by atoms with Crippen molar-refractivity contribution in [2.24, 2.45) is 5.92 Å². The van der Waals surface area contributed by atoms with Gasteiger partial charge in [0.2, 0.25) is 11.8 Å². The Hall–Kier alpha value is -1.26. The zero-order valence-corrected chi connectivity index (χ0v) is 12.7. The summed E-state index contributed by atoms with van der Waals surface area (Å²) in [4.78, 5) is 25.3. The van der Waals surface area contributed by atoms with Crippen molar-refractivity contribution in [3.63, 3.8) is 0 Å². The quantitative estimate of drug-likeness (QED) is 0.911. The fourth-order valence-electron chi connectivity index (χ4n) is 2.30. The number of carbonyl (C=O) groups is 2. The number of rotatable bonds is 2. The van der Waals surface area contributed by atoms with Crippen molar-refractivity contribution in [2.75, 3.05) is 18.4 Å². The van der Waals surface area contributed by atoms with Gasteiger partial charge < -0.3 is 10.2 Å². The Morgan fingerprint density at radius 2 is 2.10 bits per heavy atom. The highest BCUT2D eigenvalue weighted by Gasteiger charge is 2.27. The Labute approximate surface area is 128 Å².